The number of furan rings is 1. The molecule has 0 unspecified atom stereocenters. The van der Waals surface area contributed by atoms with Crippen LogP contribution >= 0.6 is 0 Å². The predicted octanol–water partition coefficient (Wildman–Crippen LogP) is -0.828. The molecule has 1 heterocycles. The first kappa shape index (κ1) is 20.7. The second kappa shape index (κ2) is 9.33. The van der Waals surface area contributed by atoms with Gasteiger partial charge < -0.3 is 20.0 Å². The Morgan fingerprint density at radius 1 is 1.04 bits per heavy atom. The number of carbonyl (C=O) groups is 2. The maximum Gasteiger partial charge on any atom is 0.309 e. The summed E-state index contributed by atoms with van der Waals surface area (Å²) in [5.74, 6) is -1.49. The van der Waals surface area contributed by atoms with Crippen LogP contribution in [0.25, 0.3) is 0 Å². The minimum Gasteiger partial charge on any atom is -0.468 e. The van der Waals surface area contributed by atoms with Gasteiger partial charge in [-0.1, -0.05) is 18.2 Å². The van der Waals surface area contributed by atoms with Crippen LogP contribution < -0.4 is 15.5 Å². The van der Waals surface area contributed by atoms with Crippen molar-refractivity contribution in [2.75, 3.05) is 33.7 Å². The Balaban J connectivity index is 2.09. The van der Waals surface area contributed by atoms with Gasteiger partial charge in [-0.3, -0.25) is 9.59 Å². The van der Waals surface area contributed by atoms with Gasteiger partial charge in [0.2, 0.25) is 0 Å². The summed E-state index contributed by atoms with van der Waals surface area (Å²) in [4.78, 5) is 25.1. The molecule has 0 saturated carbocycles. The first-order valence-electron chi connectivity index (χ1n) is 8.49. The molecule has 146 valence electrons. The van der Waals surface area contributed by atoms with Gasteiger partial charge >= 0.3 is 11.8 Å². The molecule has 1 atom stereocenters. The van der Waals surface area contributed by atoms with E-state index >= 15 is 0 Å². The maximum absolute atomic E-state index is 12.9. The number of hydrogen-bond acceptors (Lipinski definition) is 5. The molecule has 0 fully saturated rings. The average Bonchev–Trinajstić information content (AvgIpc) is 3.16. The molecular weight excluding hydrogens is 370 g/mol. The quantitative estimate of drug-likeness (QED) is 0.507. The summed E-state index contributed by atoms with van der Waals surface area (Å²) in [6.07, 6.45) is 1.36. The third kappa shape index (κ3) is 5.66. The molecule has 0 aliphatic rings. The fourth-order valence-corrected chi connectivity index (χ4v) is 3.99. The molecular formula is C18H24N3O5S+. The minimum absolute atomic E-state index is 0.110. The van der Waals surface area contributed by atoms with E-state index in [1.807, 2.05) is 14.1 Å². The van der Waals surface area contributed by atoms with E-state index in [1.54, 1.807) is 24.3 Å². The monoisotopic (exact) mass is 394 g/mol. The number of rotatable bonds is 8. The number of amides is 2. The summed E-state index contributed by atoms with van der Waals surface area (Å²) in [5, 5.41) is 3.75. The van der Waals surface area contributed by atoms with Gasteiger partial charge in [0.25, 0.3) is 0 Å². The molecule has 9 heteroatoms. The largest absolute Gasteiger partial charge is 0.468 e. The zero-order chi connectivity index (χ0) is 19.9. The van der Waals surface area contributed by atoms with Crippen LogP contribution in [-0.4, -0.2) is 54.0 Å². The summed E-state index contributed by atoms with van der Waals surface area (Å²) < 4.78 is 31.1. The van der Waals surface area contributed by atoms with Crippen LogP contribution in [-0.2, 0) is 19.4 Å². The molecule has 27 heavy (non-hydrogen) atoms. The van der Waals surface area contributed by atoms with E-state index in [4.69, 9.17) is 4.42 Å². The van der Waals surface area contributed by atoms with Gasteiger partial charge in [-0.25, -0.2) is 8.42 Å². The molecule has 0 radical (unpaired) electrons. The summed E-state index contributed by atoms with van der Waals surface area (Å²) >= 11 is 0. The Labute approximate surface area is 158 Å². The molecule has 8 nitrogen and oxygen atoms in total. The Morgan fingerprint density at radius 2 is 1.70 bits per heavy atom. The van der Waals surface area contributed by atoms with Crippen molar-refractivity contribution >= 4 is 21.7 Å². The summed E-state index contributed by atoms with van der Waals surface area (Å²) in [6.45, 7) is 0.727. The second-order valence-corrected chi connectivity index (χ2v) is 8.42. The lowest BCUT2D eigenvalue weighted by Crippen LogP contribution is -3.06. The fraction of sp³-hybridized carbons (Fsp3) is 0.333. The third-order valence-electron chi connectivity index (χ3n) is 3.87. The summed E-state index contributed by atoms with van der Waals surface area (Å²) in [6, 6.07) is 11.0. The molecule has 0 saturated heterocycles. The van der Waals surface area contributed by atoms with Gasteiger partial charge in [-0.15, -0.1) is 0 Å². The molecule has 2 amide bonds. The molecule has 0 bridgehead atoms. The van der Waals surface area contributed by atoms with Gasteiger partial charge in [0.05, 0.1) is 38.3 Å². The highest BCUT2D eigenvalue weighted by atomic mass is 32.2. The van der Waals surface area contributed by atoms with Crippen LogP contribution in [0.1, 0.15) is 11.0 Å². The van der Waals surface area contributed by atoms with Gasteiger partial charge in [0, 0.05) is 6.54 Å². The van der Waals surface area contributed by atoms with Crippen LogP contribution in [0, 0.1) is 0 Å². The number of sulfone groups is 1. The van der Waals surface area contributed by atoms with Crippen molar-refractivity contribution in [2.45, 2.75) is 10.1 Å². The lowest BCUT2D eigenvalue weighted by atomic mass is 10.3. The van der Waals surface area contributed by atoms with Crippen LogP contribution in [0.5, 0.6) is 0 Å². The molecule has 3 N–H and O–H groups in total. The van der Waals surface area contributed by atoms with Crippen molar-refractivity contribution < 1.29 is 27.3 Å². The normalized spacial score (nSPS) is 12.6. The van der Waals surface area contributed by atoms with E-state index in [0.717, 1.165) is 4.90 Å². The van der Waals surface area contributed by atoms with Gasteiger partial charge in [-0.05, 0) is 24.3 Å². The highest BCUT2D eigenvalue weighted by Gasteiger charge is 2.32. The number of carbonyl (C=O) groups excluding carboxylic acids is 2. The van der Waals surface area contributed by atoms with E-state index < -0.39 is 26.9 Å². The van der Waals surface area contributed by atoms with E-state index in [2.05, 4.69) is 10.6 Å². The number of benzene rings is 1. The number of hydrogen-bond donors (Lipinski definition) is 3. The van der Waals surface area contributed by atoms with Gasteiger partial charge in [0.15, 0.2) is 9.84 Å². The summed E-state index contributed by atoms with van der Waals surface area (Å²) in [7, 11) is 0.0334. The third-order valence-corrected chi connectivity index (χ3v) is 5.95. The van der Waals surface area contributed by atoms with Crippen molar-refractivity contribution in [1.82, 2.24) is 10.6 Å². The van der Waals surface area contributed by atoms with Crippen molar-refractivity contribution in [2.24, 2.45) is 0 Å². The van der Waals surface area contributed by atoms with Crippen molar-refractivity contribution in [3.63, 3.8) is 0 Å². The summed E-state index contributed by atoms with van der Waals surface area (Å²) in [5.41, 5.74) is 0. The van der Waals surface area contributed by atoms with E-state index in [-0.39, 0.29) is 17.2 Å². The van der Waals surface area contributed by atoms with E-state index in [0.29, 0.717) is 13.1 Å². The van der Waals surface area contributed by atoms with Crippen LogP contribution in [0.2, 0.25) is 0 Å². The lowest BCUT2D eigenvalue weighted by Gasteiger charge is -2.16. The Hall–Kier alpha value is -2.65. The Bertz CT molecular complexity index is 848. The Kier molecular flexibility index (Phi) is 7.14. The zero-order valence-corrected chi connectivity index (χ0v) is 16.1. The SMILES string of the molecule is C[NH+](C)CCNC(=O)C(=O)NC[C@@H](c1ccco1)S(=O)(=O)c1ccccc1. The van der Waals surface area contributed by atoms with Gasteiger partial charge in [-0.2, -0.15) is 0 Å². The van der Waals surface area contributed by atoms with E-state index in [9.17, 15) is 18.0 Å². The van der Waals surface area contributed by atoms with Crippen molar-refractivity contribution in [3.8, 4) is 0 Å². The molecule has 0 aliphatic heterocycles. The van der Waals surface area contributed by atoms with Crippen molar-refractivity contribution in [3.05, 3.63) is 54.5 Å². The van der Waals surface area contributed by atoms with Crippen LogP contribution in [0.3, 0.4) is 0 Å². The molecule has 0 spiro atoms. The maximum atomic E-state index is 12.9. The molecule has 2 rings (SSSR count). The molecule has 1 aromatic heterocycles. The number of likely N-dealkylation sites (N-methyl/N-ethyl adjacent to an activating group) is 1. The molecule has 1 aromatic carbocycles. The molecule has 0 aliphatic carbocycles. The topological polar surface area (TPSA) is 110 Å². The highest BCUT2D eigenvalue weighted by molar-refractivity contribution is 7.91. The van der Waals surface area contributed by atoms with Crippen molar-refractivity contribution in [1.29, 1.82) is 0 Å². The first-order valence-corrected chi connectivity index (χ1v) is 10.0. The molecule has 2 aromatic rings. The number of nitrogens with one attached hydrogen (secondary N) is 3. The zero-order valence-electron chi connectivity index (χ0n) is 15.3. The highest BCUT2D eigenvalue weighted by Crippen LogP contribution is 2.28. The average molecular weight is 394 g/mol. The Morgan fingerprint density at radius 3 is 2.30 bits per heavy atom. The minimum atomic E-state index is -3.82. The lowest BCUT2D eigenvalue weighted by molar-refractivity contribution is -0.856. The second-order valence-electron chi connectivity index (χ2n) is 6.29. The standard InChI is InChI=1S/C18H23N3O5S/c1-21(2)11-10-19-17(22)18(23)20-13-16(15-9-6-12-26-15)27(24,25)14-7-4-3-5-8-14/h3-9,12,16H,10-11,13H2,1-2H3,(H,19,22)(H,20,23)/p+1/t16-/m0/s1. The van der Waals surface area contributed by atoms with Gasteiger partial charge in [0.1, 0.15) is 11.0 Å². The first-order chi connectivity index (χ1) is 12.8. The predicted molar refractivity (Wildman–Crippen MR) is 98.8 cm³/mol. The number of quaternary nitrogens is 1. The fourth-order valence-electron chi connectivity index (χ4n) is 2.38. The van der Waals surface area contributed by atoms with E-state index in [1.165, 1.54) is 24.5 Å². The van der Waals surface area contributed by atoms with Crippen LogP contribution in [0.15, 0.2) is 58.0 Å². The smallest absolute Gasteiger partial charge is 0.309 e. The van der Waals surface area contributed by atoms with Crippen LogP contribution in [0.4, 0.5) is 0 Å².